The molecule has 2 N–H and O–H groups in total. The molecule has 2 amide bonds. The minimum Gasteiger partial charge on any atom is -0.350 e. The first kappa shape index (κ1) is 25.7. The summed E-state index contributed by atoms with van der Waals surface area (Å²) in [5.74, 6) is -0.0430. The normalized spacial score (nSPS) is 12.8. The average molecular weight is 455 g/mol. The molecule has 0 heterocycles. The standard InChI is InChI=1S/C26H34N2O3S/c1-19(2)16-24(26(31)27-17-22-12-8-5-9-13-22)28-25(30)23(18-32-20(3)29)15-14-21-10-6-4-7-11-21/h4-13,19,23-24H,14-18H2,1-3H3,(H,27,31)(H,28,30). The Morgan fingerprint density at radius 2 is 1.47 bits per heavy atom. The van der Waals surface area contributed by atoms with Gasteiger partial charge in [-0.2, -0.15) is 0 Å². The van der Waals surface area contributed by atoms with Crippen LogP contribution in [0, 0.1) is 11.8 Å². The molecule has 0 saturated heterocycles. The number of hydrogen-bond donors (Lipinski definition) is 2. The quantitative estimate of drug-likeness (QED) is 0.500. The van der Waals surface area contributed by atoms with Gasteiger partial charge < -0.3 is 10.6 Å². The number of rotatable bonds is 12. The molecule has 0 aliphatic carbocycles. The van der Waals surface area contributed by atoms with Crippen molar-refractivity contribution in [1.29, 1.82) is 0 Å². The van der Waals surface area contributed by atoms with Crippen LogP contribution in [-0.4, -0.2) is 28.7 Å². The summed E-state index contributed by atoms with van der Waals surface area (Å²) in [6.07, 6.45) is 1.92. The summed E-state index contributed by atoms with van der Waals surface area (Å²) in [6, 6.07) is 19.1. The van der Waals surface area contributed by atoms with E-state index in [0.717, 1.165) is 29.3 Å². The molecular formula is C26H34N2O3S. The van der Waals surface area contributed by atoms with Crippen LogP contribution < -0.4 is 10.6 Å². The van der Waals surface area contributed by atoms with Gasteiger partial charge in [-0.15, -0.1) is 0 Å². The third-order valence-corrected chi connectivity index (χ3v) is 6.11. The molecule has 32 heavy (non-hydrogen) atoms. The third-order valence-electron chi connectivity index (χ3n) is 5.13. The molecule has 2 aromatic carbocycles. The van der Waals surface area contributed by atoms with E-state index in [1.165, 1.54) is 6.92 Å². The number of carbonyl (C=O) groups is 3. The fourth-order valence-electron chi connectivity index (χ4n) is 3.39. The Kier molecular flexibility index (Phi) is 11.0. The highest BCUT2D eigenvalue weighted by Crippen LogP contribution is 2.18. The molecule has 0 aliphatic heterocycles. The summed E-state index contributed by atoms with van der Waals surface area (Å²) in [5.41, 5.74) is 2.16. The first-order chi connectivity index (χ1) is 15.3. The number of hydrogen-bond acceptors (Lipinski definition) is 4. The van der Waals surface area contributed by atoms with E-state index in [1.807, 2.05) is 74.5 Å². The highest BCUT2D eigenvalue weighted by atomic mass is 32.2. The minimum absolute atomic E-state index is 0.0122. The van der Waals surface area contributed by atoms with Gasteiger partial charge in [0.1, 0.15) is 6.04 Å². The molecule has 2 atom stereocenters. The second-order valence-corrected chi connectivity index (χ2v) is 9.61. The lowest BCUT2D eigenvalue weighted by Gasteiger charge is -2.23. The maximum Gasteiger partial charge on any atom is 0.242 e. The first-order valence-electron chi connectivity index (χ1n) is 11.1. The van der Waals surface area contributed by atoms with Gasteiger partial charge in [-0.25, -0.2) is 0 Å². The maximum atomic E-state index is 13.1. The first-order valence-corrected chi connectivity index (χ1v) is 12.1. The van der Waals surface area contributed by atoms with Gasteiger partial charge in [0.25, 0.3) is 0 Å². The fraction of sp³-hybridized carbons (Fsp3) is 0.423. The number of benzene rings is 2. The third kappa shape index (κ3) is 9.69. The van der Waals surface area contributed by atoms with E-state index in [9.17, 15) is 14.4 Å². The zero-order valence-electron chi connectivity index (χ0n) is 19.2. The predicted octanol–water partition coefficient (Wildman–Crippen LogP) is 4.36. The molecule has 2 unspecified atom stereocenters. The van der Waals surface area contributed by atoms with Gasteiger partial charge in [0.2, 0.25) is 11.8 Å². The van der Waals surface area contributed by atoms with Crippen molar-refractivity contribution < 1.29 is 14.4 Å². The van der Waals surface area contributed by atoms with Crippen LogP contribution in [0.5, 0.6) is 0 Å². The van der Waals surface area contributed by atoms with Gasteiger partial charge in [-0.05, 0) is 36.3 Å². The summed E-state index contributed by atoms with van der Waals surface area (Å²) in [4.78, 5) is 37.5. The van der Waals surface area contributed by atoms with Crippen LogP contribution in [0.1, 0.15) is 44.7 Å². The zero-order valence-corrected chi connectivity index (χ0v) is 20.0. The monoisotopic (exact) mass is 454 g/mol. The van der Waals surface area contributed by atoms with E-state index >= 15 is 0 Å². The van der Waals surface area contributed by atoms with Crippen LogP contribution in [0.2, 0.25) is 0 Å². The van der Waals surface area contributed by atoms with E-state index < -0.39 is 6.04 Å². The van der Waals surface area contributed by atoms with Crippen molar-refractivity contribution in [2.24, 2.45) is 11.8 Å². The lowest BCUT2D eigenvalue weighted by molar-refractivity contribution is -0.131. The second kappa shape index (κ2) is 13.7. The van der Waals surface area contributed by atoms with Gasteiger partial charge in [-0.1, -0.05) is 86.3 Å². The van der Waals surface area contributed by atoms with Crippen LogP contribution in [0.4, 0.5) is 0 Å². The molecule has 6 heteroatoms. The van der Waals surface area contributed by atoms with E-state index in [0.29, 0.717) is 25.1 Å². The fourth-order valence-corrected chi connectivity index (χ4v) is 4.15. The summed E-state index contributed by atoms with van der Waals surface area (Å²) < 4.78 is 0. The number of carbonyl (C=O) groups excluding carboxylic acids is 3. The summed E-state index contributed by atoms with van der Waals surface area (Å²) in [6.45, 7) is 5.99. The largest absolute Gasteiger partial charge is 0.350 e. The molecule has 0 saturated carbocycles. The predicted molar refractivity (Wildman–Crippen MR) is 131 cm³/mol. The van der Waals surface area contributed by atoms with Crippen LogP contribution >= 0.6 is 11.8 Å². The molecule has 0 aromatic heterocycles. The lowest BCUT2D eigenvalue weighted by atomic mass is 9.98. The summed E-state index contributed by atoms with van der Waals surface area (Å²) in [7, 11) is 0. The number of aryl methyl sites for hydroxylation is 1. The number of amides is 2. The maximum absolute atomic E-state index is 13.1. The Bertz CT molecular complexity index is 856. The van der Waals surface area contributed by atoms with Crippen molar-refractivity contribution in [3.8, 4) is 0 Å². The van der Waals surface area contributed by atoms with Gasteiger partial charge >= 0.3 is 0 Å². The Morgan fingerprint density at radius 3 is 2.03 bits per heavy atom. The second-order valence-electron chi connectivity index (χ2n) is 8.42. The molecule has 0 aliphatic rings. The molecule has 172 valence electrons. The summed E-state index contributed by atoms with van der Waals surface area (Å²) >= 11 is 1.16. The van der Waals surface area contributed by atoms with Gasteiger partial charge in [0.15, 0.2) is 5.12 Å². The Labute approximate surface area is 195 Å². The average Bonchev–Trinajstić information content (AvgIpc) is 2.77. The zero-order chi connectivity index (χ0) is 23.3. The van der Waals surface area contributed by atoms with Crippen LogP contribution in [0.25, 0.3) is 0 Å². The molecule has 2 rings (SSSR count). The van der Waals surface area contributed by atoms with Crippen molar-refractivity contribution >= 4 is 28.7 Å². The SMILES string of the molecule is CC(=O)SCC(CCc1ccccc1)C(=O)NC(CC(C)C)C(=O)NCc1ccccc1. The highest BCUT2D eigenvalue weighted by molar-refractivity contribution is 8.13. The minimum atomic E-state index is -0.604. The van der Waals surface area contributed by atoms with Crippen molar-refractivity contribution in [3.05, 3.63) is 71.8 Å². The molecule has 2 aromatic rings. The van der Waals surface area contributed by atoms with Gasteiger partial charge in [0, 0.05) is 25.1 Å². The van der Waals surface area contributed by atoms with Crippen LogP contribution in [-0.2, 0) is 27.3 Å². The van der Waals surface area contributed by atoms with Crippen molar-refractivity contribution in [1.82, 2.24) is 10.6 Å². The molecule has 0 radical (unpaired) electrons. The van der Waals surface area contributed by atoms with Crippen molar-refractivity contribution in [3.63, 3.8) is 0 Å². The Balaban J connectivity index is 2.02. The highest BCUT2D eigenvalue weighted by Gasteiger charge is 2.26. The summed E-state index contributed by atoms with van der Waals surface area (Å²) in [5, 5.41) is 5.90. The van der Waals surface area contributed by atoms with E-state index in [1.54, 1.807) is 0 Å². The Morgan fingerprint density at radius 1 is 0.875 bits per heavy atom. The number of thioether (sulfide) groups is 1. The van der Waals surface area contributed by atoms with Crippen LogP contribution in [0.15, 0.2) is 60.7 Å². The molecule has 0 fully saturated rings. The molecular weight excluding hydrogens is 420 g/mol. The van der Waals surface area contributed by atoms with E-state index in [4.69, 9.17) is 0 Å². The van der Waals surface area contributed by atoms with Crippen LogP contribution in [0.3, 0.4) is 0 Å². The Hall–Kier alpha value is -2.60. The van der Waals surface area contributed by atoms with Gasteiger partial charge in [-0.3, -0.25) is 14.4 Å². The van der Waals surface area contributed by atoms with Crippen molar-refractivity contribution in [2.45, 2.75) is 52.6 Å². The van der Waals surface area contributed by atoms with E-state index in [-0.39, 0.29) is 28.8 Å². The topological polar surface area (TPSA) is 75.3 Å². The van der Waals surface area contributed by atoms with E-state index in [2.05, 4.69) is 10.6 Å². The van der Waals surface area contributed by atoms with Gasteiger partial charge in [0.05, 0.1) is 0 Å². The smallest absolute Gasteiger partial charge is 0.242 e. The number of nitrogens with one attached hydrogen (secondary N) is 2. The molecule has 5 nitrogen and oxygen atoms in total. The van der Waals surface area contributed by atoms with Crippen molar-refractivity contribution in [2.75, 3.05) is 5.75 Å². The molecule has 0 bridgehead atoms. The molecule has 0 spiro atoms. The lowest BCUT2D eigenvalue weighted by Crippen LogP contribution is -2.49.